The lowest BCUT2D eigenvalue weighted by molar-refractivity contribution is -0.393. The van der Waals surface area contributed by atoms with E-state index in [-0.39, 0.29) is 5.95 Å². The van der Waals surface area contributed by atoms with Gasteiger partial charge >= 0.3 is 5.95 Å². The van der Waals surface area contributed by atoms with Crippen LogP contribution in [0, 0.1) is 10.1 Å². The van der Waals surface area contributed by atoms with E-state index in [2.05, 4.69) is 20.6 Å². The highest BCUT2D eigenvalue weighted by Crippen LogP contribution is 1.96. The minimum absolute atomic E-state index is 0.218. The highest BCUT2D eigenvalue weighted by Gasteiger charge is 2.01. The predicted octanol–water partition coefficient (Wildman–Crippen LogP) is -0.503. The Labute approximate surface area is 81.1 Å². The fourth-order valence-corrected chi connectivity index (χ4v) is 0.960. The second-order valence-corrected chi connectivity index (χ2v) is 2.67. The number of nitrogens with zero attached hydrogens (tertiary/aromatic N) is 2. The van der Waals surface area contributed by atoms with Crippen molar-refractivity contribution in [1.29, 1.82) is 0 Å². The molecule has 2 rings (SSSR count). The van der Waals surface area contributed by atoms with Crippen molar-refractivity contribution in [2.24, 2.45) is 0 Å². The lowest BCUT2D eigenvalue weighted by atomic mass is 10.4. The Hall–Kier alpha value is -1.47. The van der Waals surface area contributed by atoms with E-state index in [0.717, 1.165) is 26.2 Å². The van der Waals surface area contributed by atoms with Crippen LogP contribution in [-0.2, 0) is 0 Å². The van der Waals surface area contributed by atoms with Crippen LogP contribution in [0.15, 0.2) is 12.4 Å². The summed E-state index contributed by atoms with van der Waals surface area (Å²) in [7, 11) is 0. The zero-order valence-corrected chi connectivity index (χ0v) is 7.69. The topological polar surface area (TPSA) is 95.9 Å². The molecule has 1 fully saturated rings. The molecule has 0 radical (unpaired) electrons. The zero-order chi connectivity index (χ0) is 10.2. The first kappa shape index (κ1) is 10.6. The van der Waals surface area contributed by atoms with Gasteiger partial charge < -0.3 is 20.7 Å². The maximum absolute atomic E-state index is 9.77. The van der Waals surface area contributed by atoms with Gasteiger partial charge in [0, 0.05) is 26.2 Å². The van der Waals surface area contributed by atoms with E-state index in [1.165, 1.54) is 12.4 Å². The first-order valence-electron chi connectivity index (χ1n) is 4.36. The second-order valence-electron chi connectivity index (χ2n) is 2.67. The first-order valence-corrected chi connectivity index (χ1v) is 4.36. The van der Waals surface area contributed by atoms with E-state index < -0.39 is 4.92 Å². The molecular weight excluding hydrogens is 186 g/mol. The van der Waals surface area contributed by atoms with Crippen molar-refractivity contribution in [3.8, 4) is 0 Å². The standard InChI is InChI=1S/C4H10N2.C3H3N3O2/c1-2-6-4-3-5-1;7-6(8)3-4-1-2-5-3/h5-6H,1-4H2;1-2H,(H,4,5). The van der Waals surface area contributed by atoms with Gasteiger partial charge in [-0.1, -0.05) is 4.98 Å². The van der Waals surface area contributed by atoms with E-state index in [1.807, 2.05) is 0 Å². The SMILES string of the molecule is C1CNCCN1.O=[N+]([O-])c1ncc[nH]1. The molecule has 0 unspecified atom stereocenters. The fraction of sp³-hybridized carbons (Fsp3) is 0.571. The van der Waals surface area contributed by atoms with E-state index >= 15 is 0 Å². The van der Waals surface area contributed by atoms with Gasteiger partial charge in [0.1, 0.15) is 6.20 Å². The summed E-state index contributed by atoms with van der Waals surface area (Å²) in [5.74, 6) is -0.218. The van der Waals surface area contributed by atoms with Gasteiger partial charge in [0.15, 0.2) is 0 Å². The molecule has 14 heavy (non-hydrogen) atoms. The molecule has 0 aromatic carbocycles. The molecular formula is C7H13N5O2. The predicted molar refractivity (Wildman–Crippen MR) is 51.0 cm³/mol. The van der Waals surface area contributed by atoms with Crippen LogP contribution in [0.5, 0.6) is 0 Å². The Bertz CT molecular complexity index is 246. The molecule has 0 saturated carbocycles. The molecule has 1 aromatic rings. The van der Waals surface area contributed by atoms with Gasteiger partial charge in [-0.3, -0.25) is 0 Å². The highest BCUT2D eigenvalue weighted by molar-refractivity contribution is 5.00. The Morgan fingerprint density at radius 3 is 2.07 bits per heavy atom. The molecule has 3 N–H and O–H groups in total. The maximum atomic E-state index is 9.77. The third kappa shape index (κ3) is 3.97. The third-order valence-corrected chi connectivity index (χ3v) is 1.61. The number of piperazine rings is 1. The number of rotatable bonds is 1. The Morgan fingerprint density at radius 1 is 1.29 bits per heavy atom. The van der Waals surface area contributed by atoms with E-state index in [4.69, 9.17) is 0 Å². The van der Waals surface area contributed by atoms with Crippen LogP contribution >= 0.6 is 0 Å². The van der Waals surface area contributed by atoms with E-state index in [9.17, 15) is 10.1 Å². The average molecular weight is 199 g/mol. The second kappa shape index (κ2) is 6.06. The molecule has 2 heterocycles. The molecule has 0 aliphatic carbocycles. The highest BCUT2D eigenvalue weighted by atomic mass is 16.6. The molecule has 78 valence electrons. The van der Waals surface area contributed by atoms with E-state index in [0.29, 0.717) is 0 Å². The summed E-state index contributed by atoms with van der Waals surface area (Å²) in [5.41, 5.74) is 0. The number of imidazole rings is 1. The summed E-state index contributed by atoms with van der Waals surface area (Å²) < 4.78 is 0. The van der Waals surface area contributed by atoms with Gasteiger partial charge in [0.05, 0.1) is 6.20 Å². The van der Waals surface area contributed by atoms with Crippen molar-refractivity contribution in [2.75, 3.05) is 26.2 Å². The lowest BCUT2D eigenvalue weighted by Gasteiger charge is -2.11. The molecule has 0 spiro atoms. The van der Waals surface area contributed by atoms with Crippen LogP contribution < -0.4 is 10.6 Å². The fourth-order valence-electron chi connectivity index (χ4n) is 0.960. The van der Waals surface area contributed by atoms with E-state index in [1.54, 1.807) is 0 Å². The molecule has 1 aromatic heterocycles. The van der Waals surface area contributed by atoms with Crippen molar-refractivity contribution in [1.82, 2.24) is 20.6 Å². The van der Waals surface area contributed by atoms with Crippen molar-refractivity contribution >= 4 is 5.95 Å². The van der Waals surface area contributed by atoms with Gasteiger partial charge in [-0.2, -0.15) is 0 Å². The summed E-state index contributed by atoms with van der Waals surface area (Å²) in [6.07, 6.45) is 2.73. The number of H-pyrrole nitrogens is 1. The molecule has 1 aliphatic rings. The van der Waals surface area contributed by atoms with Crippen molar-refractivity contribution in [2.45, 2.75) is 0 Å². The molecule has 1 aliphatic heterocycles. The van der Waals surface area contributed by atoms with Gasteiger partial charge in [0.2, 0.25) is 0 Å². The van der Waals surface area contributed by atoms with Crippen LogP contribution in [0.3, 0.4) is 0 Å². The third-order valence-electron chi connectivity index (χ3n) is 1.61. The van der Waals surface area contributed by atoms with Crippen molar-refractivity contribution < 1.29 is 4.92 Å². The summed E-state index contributed by atoms with van der Waals surface area (Å²) in [4.78, 5) is 14.9. The molecule has 0 atom stereocenters. The van der Waals surface area contributed by atoms with Gasteiger partial charge in [-0.05, 0) is 4.92 Å². The van der Waals surface area contributed by atoms with Crippen LogP contribution in [0.4, 0.5) is 5.95 Å². The van der Waals surface area contributed by atoms with Crippen molar-refractivity contribution in [3.63, 3.8) is 0 Å². The monoisotopic (exact) mass is 199 g/mol. The summed E-state index contributed by atoms with van der Waals surface area (Å²) >= 11 is 0. The van der Waals surface area contributed by atoms with Gasteiger partial charge in [0.25, 0.3) is 0 Å². The van der Waals surface area contributed by atoms with Gasteiger partial charge in [-0.15, -0.1) is 0 Å². The van der Waals surface area contributed by atoms with Crippen LogP contribution in [-0.4, -0.2) is 41.1 Å². The smallest absolute Gasteiger partial charge is 0.390 e. The normalized spacial score (nSPS) is 15.4. The summed E-state index contributed by atoms with van der Waals surface area (Å²) in [6.45, 7) is 4.56. The van der Waals surface area contributed by atoms with Crippen LogP contribution in [0.25, 0.3) is 0 Å². The number of hydrogen-bond donors (Lipinski definition) is 3. The largest absolute Gasteiger partial charge is 0.432 e. The number of aromatic nitrogens is 2. The molecule has 0 bridgehead atoms. The first-order chi connectivity index (χ1) is 6.80. The van der Waals surface area contributed by atoms with Crippen molar-refractivity contribution in [3.05, 3.63) is 22.5 Å². The minimum Gasteiger partial charge on any atom is -0.390 e. The number of nitro groups is 1. The maximum Gasteiger partial charge on any atom is 0.432 e. The molecule has 7 nitrogen and oxygen atoms in total. The number of hydrogen-bond acceptors (Lipinski definition) is 5. The minimum atomic E-state index is -0.583. The van der Waals surface area contributed by atoms with Gasteiger partial charge in [-0.25, -0.2) is 4.98 Å². The zero-order valence-electron chi connectivity index (χ0n) is 7.69. The Kier molecular flexibility index (Phi) is 4.59. The molecule has 1 saturated heterocycles. The Balaban J connectivity index is 0.000000146. The summed E-state index contributed by atoms with van der Waals surface area (Å²) in [5, 5.41) is 16.2. The summed E-state index contributed by atoms with van der Waals surface area (Å²) in [6, 6.07) is 0. The molecule has 7 heteroatoms. The number of nitrogens with one attached hydrogen (secondary N) is 3. The lowest BCUT2D eigenvalue weighted by Crippen LogP contribution is -2.39. The average Bonchev–Trinajstić information content (AvgIpc) is 2.74. The quantitative estimate of drug-likeness (QED) is 0.418. The molecule has 0 amide bonds. The van der Waals surface area contributed by atoms with Crippen LogP contribution in [0.1, 0.15) is 0 Å². The Morgan fingerprint density at radius 2 is 1.86 bits per heavy atom. The van der Waals surface area contributed by atoms with Crippen LogP contribution in [0.2, 0.25) is 0 Å². The number of aromatic amines is 1.